The van der Waals surface area contributed by atoms with Crippen molar-refractivity contribution in [3.05, 3.63) is 65.9 Å². The molecule has 0 saturated carbocycles. The van der Waals surface area contributed by atoms with Gasteiger partial charge in [0.25, 0.3) is 0 Å². The van der Waals surface area contributed by atoms with Crippen LogP contribution in [0.15, 0.2) is 59.0 Å². The van der Waals surface area contributed by atoms with Gasteiger partial charge < -0.3 is 14.5 Å². The molecule has 3 aromatic rings. The van der Waals surface area contributed by atoms with Crippen molar-refractivity contribution in [3.8, 4) is 5.75 Å². The van der Waals surface area contributed by atoms with E-state index in [-0.39, 0.29) is 5.91 Å². The summed E-state index contributed by atoms with van der Waals surface area (Å²) in [7, 11) is 0. The average molecular weight is 323 g/mol. The molecule has 24 heavy (non-hydrogen) atoms. The summed E-state index contributed by atoms with van der Waals surface area (Å²) in [5.41, 5.74) is 1.94. The molecule has 124 valence electrons. The van der Waals surface area contributed by atoms with Gasteiger partial charge in [0, 0.05) is 11.8 Å². The van der Waals surface area contributed by atoms with Crippen molar-refractivity contribution in [1.82, 2.24) is 5.32 Å². The van der Waals surface area contributed by atoms with Gasteiger partial charge in [-0.3, -0.25) is 4.79 Å². The van der Waals surface area contributed by atoms with Crippen LogP contribution in [0, 0.1) is 6.92 Å². The third-order valence-electron chi connectivity index (χ3n) is 3.84. The highest BCUT2D eigenvalue weighted by molar-refractivity contribution is 5.78. The molecule has 0 unspecified atom stereocenters. The first-order valence-electron chi connectivity index (χ1n) is 8.15. The molecule has 1 heterocycles. The third kappa shape index (κ3) is 4.16. The number of furan rings is 1. The molecule has 0 bridgehead atoms. The second-order valence-corrected chi connectivity index (χ2v) is 5.74. The Morgan fingerprint density at radius 2 is 1.92 bits per heavy atom. The van der Waals surface area contributed by atoms with Crippen molar-refractivity contribution in [2.24, 2.45) is 0 Å². The zero-order chi connectivity index (χ0) is 16.8. The zero-order valence-corrected chi connectivity index (χ0v) is 13.7. The first kappa shape index (κ1) is 16.1. The maximum Gasteiger partial charge on any atom is 0.220 e. The molecule has 4 heteroatoms. The van der Waals surface area contributed by atoms with Crippen molar-refractivity contribution in [3.63, 3.8) is 0 Å². The van der Waals surface area contributed by atoms with E-state index in [0.717, 1.165) is 28.0 Å². The van der Waals surface area contributed by atoms with Crippen molar-refractivity contribution < 1.29 is 13.9 Å². The Bertz CT molecular complexity index is 789. The van der Waals surface area contributed by atoms with Crippen LogP contribution in [0.25, 0.3) is 11.0 Å². The lowest BCUT2D eigenvalue weighted by Gasteiger charge is -2.08. The molecule has 1 N–H and O–H groups in total. The molecule has 0 aliphatic carbocycles. The van der Waals surface area contributed by atoms with Crippen molar-refractivity contribution in [1.29, 1.82) is 0 Å². The number of nitrogens with one attached hydrogen (secondary N) is 1. The topological polar surface area (TPSA) is 51.5 Å². The standard InChI is InChI=1S/C20H21NO3/c1-15-7-2-4-9-18(15)23-12-6-11-20(22)21-14-17-13-16-8-3-5-10-19(16)24-17/h2-5,7-10,13H,6,11-12,14H2,1H3,(H,21,22). The van der Waals surface area contributed by atoms with E-state index in [1.807, 2.05) is 61.5 Å². The molecule has 0 aliphatic rings. The second-order valence-electron chi connectivity index (χ2n) is 5.74. The fourth-order valence-electron chi connectivity index (χ4n) is 2.53. The number of benzene rings is 2. The third-order valence-corrected chi connectivity index (χ3v) is 3.84. The maximum atomic E-state index is 11.9. The SMILES string of the molecule is Cc1ccccc1OCCCC(=O)NCc1cc2ccccc2o1. The number of aryl methyl sites for hydroxylation is 1. The smallest absolute Gasteiger partial charge is 0.220 e. The van der Waals surface area contributed by atoms with Crippen LogP contribution >= 0.6 is 0 Å². The van der Waals surface area contributed by atoms with Gasteiger partial charge in [-0.2, -0.15) is 0 Å². The predicted molar refractivity (Wildman–Crippen MR) is 94.0 cm³/mol. The lowest BCUT2D eigenvalue weighted by molar-refractivity contribution is -0.121. The summed E-state index contributed by atoms with van der Waals surface area (Å²) in [6.45, 7) is 2.95. The lowest BCUT2D eigenvalue weighted by atomic mass is 10.2. The summed E-state index contributed by atoms with van der Waals surface area (Å²) in [6, 6.07) is 17.6. The maximum absolute atomic E-state index is 11.9. The number of hydrogen-bond acceptors (Lipinski definition) is 3. The molecule has 0 atom stereocenters. The monoisotopic (exact) mass is 323 g/mol. The quantitative estimate of drug-likeness (QED) is 0.662. The summed E-state index contributed by atoms with van der Waals surface area (Å²) in [5, 5.41) is 3.93. The van der Waals surface area contributed by atoms with Crippen LogP contribution < -0.4 is 10.1 Å². The summed E-state index contributed by atoms with van der Waals surface area (Å²) >= 11 is 0. The molecule has 0 spiro atoms. The van der Waals surface area contributed by atoms with Crippen LogP contribution in [0.2, 0.25) is 0 Å². The molecule has 4 nitrogen and oxygen atoms in total. The van der Waals surface area contributed by atoms with Crippen molar-refractivity contribution in [2.75, 3.05) is 6.61 Å². The van der Waals surface area contributed by atoms with Crippen LogP contribution in [0.5, 0.6) is 5.75 Å². The van der Waals surface area contributed by atoms with Crippen LogP contribution in [-0.4, -0.2) is 12.5 Å². The first-order chi connectivity index (χ1) is 11.7. The number of fused-ring (bicyclic) bond motifs is 1. The highest BCUT2D eigenvalue weighted by Gasteiger charge is 2.06. The van der Waals surface area contributed by atoms with Crippen LogP contribution in [0.3, 0.4) is 0 Å². The Morgan fingerprint density at radius 3 is 2.75 bits per heavy atom. The number of hydrogen-bond donors (Lipinski definition) is 1. The highest BCUT2D eigenvalue weighted by Crippen LogP contribution is 2.18. The molecule has 0 fully saturated rings. The molecule has 0 aliphatic heterocycles. The Balaban J connectivity index is 1.39. The van der Waals surface area contributed by atoms with E-state index in [4.69, 9.17) is 9.15 Å². The normalized spacial score (nSPS) is 10.7. The minimum absolute atomic E-state index is 0.00356. The molecule has 1 amide bonds. The van der Waals surface area contributed by atoms with Gasteiger partial charge in [0.05, 0.1) is 13.2 Å². The van der Waals surface area contributed by atoms with Gasteiger partial charge in [-0.1, -0.05) is 36.4 Å². The summed E-state index contributed by atoms with van der Waals surface area (Å²) in [4.78, 5) is 11.9. The van der Waals surface area contributed by atoms with Crippen molar-refractivity contribution >= 4 is 16.9 Å². The molecule has 3 rings (SSSR count). The van der Waals surface area contributed by atoms with Crippen LogP contribution in [0.4, 0.5) is 0 Å². The summed E-state index contributed by atoms with van der Waals surface area (Å²) in [6.07, 6.45) is 1.12. The number of amides is 1. The fraction of sp³-hybridized carbons (Fsp3) is 0.250. The van der Waals surface area contributed by atoms with E-state index in [1.165, 1.54) is 0 Å². The number of rotatable bonds is 7. The van der Waals surface area contributed by atoms with Crippen LogP contribution in [-0.2, 0) is 11.3 Å². The van der Waals surface area contributed by atoms with Gasteiger partial charge in [0.15, 0.2) is 0 Å². The first-order valence-corrected chi connectivity index (χ1v) is 8.15. The van der Waals surface area contributed by atoms with Gasteiger partial charge in [-0.05, 0) is 37.1 Å². The Kier molecular flexibility index (Phi) is 5.16. The van der Waals surface area contributed by atoms with Gasteiger partial charge in [0.1, 0.15) is 17.1 Å². The largest absolute Gasteiger partial charge is 0.493 e. The van der Waals surface area contributed by atoms with Gasteiger partial charge >= 0.3 is 0 Å². The average Bonchev–Trinajstić information content (AvgIpc) is 3.01. The molecular weight excluding hydrogens is 302 g/mol. The fourth-order valence-corrected chi connectivity index (χ4v) is 2.53. The summed E-state index contributed by atoms with van der Waals surface area (Å²) < 4.78 is 11.4. The summed E-state index contributed by atoms with van der Waals surface area (Å²) in [5.74, 6) is 1.64. The predicted octanol–water partition coefficient (Wildman–Crippen LogP) is 4.22. The molecule has 2 aromatic carbocycles. The van der Waals surface area contributed by atoms with E-state index in [2.05, 4.69) is 5.32 Å². The van der Waals surface area contributed by atoms with Gasteiger partial charge in [-0.25, -0.2) is 0 Å². The Morgan fingerprint density at radius 1 is 1.12 bits per heavy atom. The van der Waals surface area contributed by atoms with E-state index in [9.17, 15) is 4.79 Å². The second kappa shape index (κ2) is 7.68. The van der Waals surface area contributed by atoms with Gasteiger partial charge in [0.2, 0.25) is 5.91 Å². The number of ether oxygens (including phenoxy) is 1. The number of para-hydroxylation sites is 2. The van der Waals surface area contributed by atoms with E-state index < -0.39 is 0 Å². The molecule has 1 aromatic heterocycles. The lowest BCUT2D eigenvalue weighted by Crippen LogP contribution is -2.22. The number of carbonyl (C=O) groups excluding carboxylic acids is 1. The Labute approximate surface area is 141 Å². The molecule has 0 saturated heterocycles. The molecule has 0 radical (unpaired) electrons. The van der Waals surface area contributed by atoms with E-state index in [1.54, 1.807) is 0 Å². The van der Waals surface area contributed by atoms with E-state index >= 15 is 0 Å². The highest BCUT2D eigenvalue weighted by atomic mass is 16.5. The van der Waals surface area contributed by atoms with Crippen LogP contribution in [0.1, 0.15) is 24.2 Å². The number of carbonyl (C=O) groups is 1. The van der Waals surface area contributed by atoms with Crippen molar-refractivity contribution in [2.45, 2.75) is 26.3 Å². The minimum Gasteiger partial charge on any atom is -0.493 e. The van der Waals surface area contributed by atoms with E-state index in [0.29, 0.717) is 26.0 Å². The Hall–Kier alpha value is -2.75. The zero-order valence-electron chi connectivity index (χ0n) is 13.7. The minimum atomic E-state index is 0.00356. The van der Waals surface area contributed by atoms with Gasteiger partial charge in [-0.15, -0.1) is 0 Å². The molecular formula is C20H21NO3.